The molecule has 0 aliphatic carbocycles. The largest absolute Gasteiger partial charge is 0.693 e. The number of nitrogens with zero attached hydrogens (tertiary/aromatic N) is 1. The van der Waals surface area contributed by atoms with Crippen LogP contribution in [0.3, 0.4) is 0 Å². The topological polar surface area (TPSA) is 93.2 Å². The quantitative estimate of drug-likeness (QED) is 0.118. The number of para-hydroxylation sites is 2. The van der Waals surface area contributed by atoms with Gasteiger partial charge in [0.2, 0.25) is 11.0 Å². The van der Waals surface area contributed by atoms with Gasteiger partial charge >= 0.3 is 0 Å². The molecule has 0 fully saturated rings. The van der Waals surface area contributed by atoms with E-state index in [0.29, 0.717) is 13.1 Å². The van der Waals surface area contributed by atoms with Gasteiger partial charge < -0.3 is 34.7 Å². The first kappa shape index (κ1) is 24.2. The van der Waals surface area contributed by atoms with Gasteiger partial charge in [-0.3, -0.25) is 4.58 Å². The van der Waals surface area contributed by atoms with Crippen LogP contribution in [0.15, 0.2) is 48.5 Å². The molecule has 0 bridgehead atoms. The molecule has 0 saturated carbocycles. The molecule has 0 spiro atoms. The third kappa shape index (κ3) is 6.38. The van der Waals surface area contributed by atoms with Crippen molar-refractivity contribution in [1.82, 2.24) is 5.32 Å². The van der Waals surface area contributed by atoms with Gasteiger partial charge in [0.05, 0.1) is 37.1 Å². The molecule has 0 aliphatic heterocycles. The summed E-state index contributed by atoms with van der Waals surface area (Å²) in [5.74, 6) is 0. The number of anilines is 1. The van der Waals surface area contributed by atoms with Gasteiger partial charge in [-0.05, 0) is 12.1 Å². The number of pyridine rings is 1. The smallest absolute Gasteiger partial charge is 0.213 e. The van der Waals surface area contributed by atoms with Crippen molar-refractivity contribution in [2.45, 2.75) is 0 Å². The summed E-state index contributed by atoms with van der Waals surface area (Å²) in [4.78, 5) is 3.49. The number of fused-ring (bicyclic) bond motifs is 2. The molecule has 7 N–H and O–H groups in total. The summed E-state index contributed by atoms with van der Waals surface area (Å²) in [6.45, 7) is 2.84. The zero-order chi connectivity index (χ0) is 19.6. The fourth-order valence-corrected chi connectivity index (χ4v) is 2.83. The molecule has 3 rings (SSSR count). The summed E-state index contributed by atoms with van der Waals surface area (Å²) >= 11 is 5.24. The fourth-order valence-electron chi connectivity index (χ4n) is 2.74. The number of H-pyrrole nitrogens is 1. The molecule has 0 amide bonds. The van der Waals surface area contributed by atoms with Crippen LogP contribution in [0, 0.1) is 0 Å². The van der Waals surface area contributed by atoms with Crippen LogP contribution in [0.2, 0.25) is 0 Å². The van der Waals surface area contributed by atoms with Crippen molar-refractivity contribution in [2.24, 2.45) is 11.5 Å². The Kier molecular flexibility index (Phi) is 10.9. The van der Waals surface area contributed by atoms with Crippen molar-refractivity contribution in [2.75, 3.05) is 45.6 Å². The van der Waals surface area contributed by atoms with Crippen LogP contribution in [0.25, 0.3) is 21.8 Å². The molecule has 8 heteroatoms. The predicted molar refractivity (Wildman–Crippen MR) is 117 cm³/mol. The molecule has 2 aromatic carbocycles. The zero-order valence-electron chi connectivity index (χ0n) is 16.3. The first-order chi connectivity index (χ1) is 13.1. The van der Waals surface area contributed by atoms with E-state index >= 15 is 0 Å². The van der Waals surface area contributed by atoms with Crippen LogP contribution in [0.4, 0.5) is 5.69 Å². The second-order valence-corrected chi connectivity index (χ2v) is 6.46. The minimum Gasteiger partial charge on any atom is -0.693 e. The Hall–Kier alpha value is -1.79. The second kappa shape index (κ2) is 12.6. The maximum absolute atomic E-state index is 5.24. The number of likely N-dealkylation sites (N-methyl/N-ethyl adjacent to an activating group) is 1. The first-order valence-corrected chi connectivity index (χ1v) is 9.42. The third-order valence-corrected chi connectivity index (χ3v) is 4.65. The number of rotatable bonds is 5. The summed E-state index contributed by atoms with van der Waals surface area (Å²) in [7, 11) is 3.84. The van der Waals surface area contributed by atoms with E-state index in [2.05, 4.69) is 64.1 Å². The van der Waals surface area contributed by atoms with Gasteiger partial charge in [0.25, 0.3) is 0 Å². The number of benzene rings is 2. The monoisotopic (exact) mass is 580 g/mol. The fraction of sp³-hybridized carbons (Fsp3) is 0.300. The Morgan fingerprint density at radius 3 is 1.96 bits per heavy atom. The summed E-state index contributed by atoms with van der Waals surface area (Å²) in [6.07, 6.45) is 0. The van der Waals surface area contributed by atoms with E-state index in [9.17, 15) is 0 Å². The van der Waals surface area contributed by atoms with Crippen LogP contribution in [-0.2, 0) is 33.7 Å². The van der Waals surface area contributed by atoms with Gasteiger partial charge in [-0.25, -0.2) is 4.98 Å². The van der Waals surface area contributed by atoms with Crippen molar-refractivity contribution in [3.05, 3.63) is 48.5 Å². The normalized spacial score (nSPS) is 11.1. The first-order valence-electron chi connectivity index (χ1n) is 9.02. The Morgan fingerprint density at radius 1 is 1.00 bits per heavy atom. The van der Waals surface area contributed by atoms with Crippen LogP contribution in [0.1, 0.15) is 0 Å². The van der Waals surface area contributed by atoms with E-state index in [1.807, 2.05) is 18.7 Å². The predicted octanol–water partition coefficient (Wildman–Crippen LogP) is 0.885. The molecule has 0 radical (unpaired) electrons. The van der Waals surface area contributed by atoms with Gasteiger partial charge in [-0.1, -0.05) is 24.3 Å². The Balaban J connectivity index is 0.000000717. The average Bonchev–Trinajstić information content (AvgIpc) is 2.72. The molecule has 1 heterocycles. The molecule has 6 nitrogen and oxygen atoms in total. The molecular formula is C20H29N6PtS+. The van der Waals surface area contributed by atoms with E-state index in [0.717, 1.165) is 29.3 Å². The van der Waals surface area contributed by atoms with E-state index in [4.69, 9.17) is 24.1 Å². The number of nitrogens with one attached hydrogen (secondary N) is 3. The summed E-state index contributed by atoms with van der Waals surface area (Å²) in [5.41, 5.74) is 13.2. The van der Waals surface area contributed by atoms with Crippen LogP contribution < -0.4 is 27.1 Å². The van der Waals surface area contributed by atoms with Gasteiger partial charge in [-0.2, -0.15) is 0 Å². The van der Waals surface area contributed by atoms with E-state index in [-0.39, 0.29) is 21.1 Å². The standard InChI is InChI=1S/C18H20N4S.C2H8N2.Pt/c1-19-18(23)22(2)12-11-20-17-13-7-3-5-9-15(13)21-16-10-6-4-8-14(16)17;3-1-2-4;/h3-10H,11-12H2,1-2H3,(H2,19,20,21,23);1-4H2;/p+1. The molecule has 0 unspecified atom stereocenters. The molecular weight excluding hydrogens is 551 g/mol. The van der Waals surface area contributed by atoms with Crippen LogP contribution in [-0.4, -0.2) is 50.0 Å². The molecule has 0 saturated heterocycles. The number of hydrogen-bond donors (Lipinski definition) is 4. The van der Waals surface area contributed by atoms with Crippen molar-refractivity contribution in [3.63, 3.8) is 0 Å². The maximum Gasteiger partial charge on any atom is 0.213 e. The third-order valence-electron chi connectivity index (χ3n) is 4.14. The summed E-state index contributed by atoms with van der Waals surface area (Å²) < 4.78 is 2.03. The average molecular weight is 581 g/mol. The molecule has 0 atom stereocenters. The van der Waals surface area contributed by atoms with Crippen molar-refractivity contribution >= 4 is 45.3 Å². The summed E-state index contributed by atoms with van der Waals surface area (Å²) in [5, 5.41) is 9.74. The van der Waals surface area contributed by atoms with Crippen LogP contribution in [0.5, 0.6) is 0 Å². The minimum absolute atomic E-state index is 0. The van der Waals surface area contributed by atoms with Crippen molar-refractivity contribution < 1.29 is 30.6 Å². The number of nitrogens with two attached hydrogens (primary N) is 2. The van der Waals surface area contributed by atoms with E-state index < -0.39 is 0 Å². The Bertz CT molecular complexity index is 859. The minimum atomic E-state index is 0. The Labute approximate surface area is 186 Å². The van der Waals surface area contributed by atoms with Crippen molar-refractivity contribution in [3.8, 4) is 0 Å². The molecule has 154 valence electrons. The Morgan fingerprint density at radius 2 is 1.50 bits per heavy atom. The van der Waals surface area contributed by atoms with Gasteiger partial charge in [-0.15, -0.1) is 0 Å². The zero-order valence-corrected chi connectivity index (χ0v) is 19.4. The van der Waals surface area contributed by atoms with Crippen LogP contribution >= 0.6 is 0 Å². The molecule has 1 aromatic heterocycles. The van der Waals surface area contributed by atoms with Gasteiger partial charge in [0.1, 0.15) is 11.7 Å². The molecule has 28 heavy (non-hydrogen) atoms. The molecule has 0 aliphatic rings. The number of aromatic nitrogens is 1. The number of aromatic amines is 1. The molecule has 3 aromatic rings. The van der Waals surface area contributed by atoms with Gasteiger partial charge in [0.15, 0.2) is 0 Å². The van der Waals surface area contributed by atoms with Gasteiger partial charge in [0, 0.05) is 46.3 Å². The SMILES string of the molecule is CNC([S-])=[N+](C)CCNc1c2ccccc2[nH+]c2ccccc12.NCCN.[Pt]. The number of amidine groups is 1. The van der Waals surface area contributed by atoms with E-state index in [1.165, 1.54) is 16.5 Å². The summed E-state index contributed by atoms with van der Waals surface area (Å²) in [6, 6.07) is 16.7. The second-order valence-electron chi connectivity index (χ2n) is 6.07. The van der Waals surface area contributed by atoms with Crippen molar-refractivity contribution in [1.29, 1.82) is 0 Å². The van der Waals surface area contributed by atoms with E-state index in [1.54, 1.807) is 0 Å². The maximum atomic E-state index is 5.24. The number of hydrogen-bond acceptors (Lipinski definition) is 4.